The minimum atomic E-state index is -0.702. The molecule has 9 nitrogen and oxygen atoms in total. The molecule has 1 saturated heterocycles. The van der Waals surface area contributed by atoms with Crippen LogP contribution in [0.3, 0.4) is 0 Å². The highest BCUT2D eigenvalue weighted by Crippen LogP contribution is 2.28. The first-order valence-corrected chi connectivity index (χ1v) is 11.0. The number of esters is 1. The topological polar surface area (TPSA) is 97.4 Å². The van der Waals surface area contributed by atoms with E-state index in [2.05, 4.69) is 10.1 Å². The van der Waals surface area contributed by atoms with Gasteiger partial charge in [0.25, 0.3) is 5.91 Å². The molecule has 1 N–H and O–H groups in total. The summed E-state index contributed by atoms with van der Waals surface area (Å²) in [7, 11) is 6.06. The molecule has 1 atom stereocenters. The van der Waals surface area contributed by atoms with E-state index >= 15 is 0 Å². The first kappa shape index (κ1) is 25.0. The molecule has 34 heavy (non-hydrogen) atoms. The molecule has 1 aliphatic rings. The summed E-state index contributed by atoms with van der Waals surface area (Å²) in [6, 6.07) is 11.2. The van der Waals surface area contributed by atoms with Crippen molar-refractivity contribution in [2.45, 2.75) is 18.9 Å². The van der Waals surface area contributed by atoms with E-state index in [0.29, 0.717) is 40.8 Å². The second-order valence-electron chi connectivity index (χ2n) is 7.65. The molecule has 2 aromatic rings. The molecule has 3 rings (SSSR count). The van der Waals surface area contributed by atoms with Gasteiger partial charge in [-0.2, -0.15) is 0 Å². The number of likely N-dealkylation sites (N-methyl/N-ethyl adjacent to an activating group) is 1. The number of hydrogen-bond donors (Lipinski definition) is 1. The van der Waals surface area contributed by atoms with E-state index in [4.69, 9.17) is 21.7 Å². The number of amides is 2. The van der Waals surface area contributed by atoms with Crippen molar-refractivity contribution in [1.29, 1.82) is 0 Å². The first-order valence-electron chi connectivity index (χ1n) is 10.6. The normalized spacial score (nSPS) is 15.4. The number of nitrogens with one attached hydrogen (secondary N) is 1. The molecule has 180 valence electrons. The van der Waals surface area contributed by atoms with Crippen LogP contribution in [0, 0.1) is 0 Å². The van der Waals surface area contributed by atoms with Gasteiger partial charge in [0, 0.05) is 19.3 Å². The number of ether oxygens (including phenoxy) is 3. The predicted molar refractivity (Wildman–Crippen MR) is 130 cm³/mol. The van der Waals surface area contributed by atoms with Crippen molar-refractivity contribution < 1.29 is 28.6 Å². The molecular formula is C24H27N3O6S. The average molecular weight is 486 g/mol. The summed E-state index contributed by atoms with van der Waals surface area (Å²) in [5.74, 6) is 0.223. The number of methoxy groups -OCH3 is 3. The Morgan fingerprint density at radius 3 is 2.32 bits per heavy atom. The van der Waals surface area contributed by atoms with Gasteiger partial charge in [-0.05, 0) is 60.6 Å². The summed E-state index contributed by atoms with van der Waals surface area (Å²) in [4.78, 5) is 40.2. The maximum Gasteiger partial charge on any atom is 0.337 e. The van der Waals surface area contributed by atoms with Crippen LogP contribution >= 0.6 is 12.2 Å². The molecule has 2 amide bonds. The van der Waals surface area contributed by atoms with Gasteiger partial charge in [-0.25, -0.2) is 4.79 Å². The van der Waals surface area contributed by atoms with Gasteiger partial charge in [-0.3, -0.25) is 14.5 Å². The van der Waals surface area contributed by atoms with Crippen molar-refractivity contribution in [2.24, 2.45) is 0 Å². The van der Waals surface area contributed by atoms with Crippen molar-refractivity contribution in [3.63, 3.8) is 0 Å². The lowest BCUT2D eigenvalue weighted by atomic mass is 10.1. The Labute approximate surface area is 203 Å². The highest BCUT2D eigenvalue weighted by molar-refractivity contribution is 7.80. The second-order valence-corrected chi connectivity index (χ2v) is 8.01. The fraction of sp³-hybridized carbons (Fsp3) is 0.333. The van der Waals surface area contributed by atoms with Gasteiger partial charge in [-0.1, -0.05) is 6.07 Å². The zero-order valence-electron chi connectivity index (χ0n) is 19.5. The number of carbonyl (C=O) groups excluding carboxylic acids is 3. The summed E-state index contributed by atoms with van der Waals surface area (Å²) < 4.78 is 15.3. The lowest BCUT2D eigenvalue weighted by molar-refractivity contribution is -0.130. The van der Waals surface area contributed by atoms with Crippen LogP contribution in [0.1, 0.15) is 22.3 Å². The largest absolute Gasteiger partial charge is 0.493 e. The number of nitrogens with zero attached hydrogens (tertiary/aromatic N) is 2. The molecule has 1 aliphatic heterocycles. The minimum Gasteiger partial charge on any atom is -0.493 e. The Morgan fingerprint density at radius 2 is 1.71 bits per heavy atom. The van der Waals surface area contributed by atoms with Crippen LogP contribution in [-0.4, -0.2) is 73.7 Å². The summed E-state index contributed by atoms with van der Waals surface area (Å²) in [6.45, 7) is 0.455. The summed E-state index contributed by atoms with van der Waals surface area (Å²) in [5.41, 5.74) is 1.87. The first-order chi connectivity index (χ1) is 16.3. The molecule has 0 radical (unpaired) electrons. The van der Waals surface area contributed by atoms with E-state index in [1.807, 2.05) is 18.2 Å². The molecule has 2 aromatic carbocycles. The smallest absolute Gasteiger partial charge is 0.337 e. The van der Waals surface area contributed by atoms with Crippen LogP contribution in [0.5, 0.6) is 11.5 Å². The maximum atomic E-state index is 12.8. The van der Waals surface area contributed by atoms with Crippen molar-refractivity contribution in [3.8, 4) is 11.5 Å². The van der Waals surface area contributed by atoms with Crippen molar-refractivity contribution in [1.82, 2.24) is 9.80 Å². The van der Waals surface area contributed by atoms with Crippen LogP contribution in [0.2, 0.25) is 0 Å². The Hall–Kier alpha value is -3.66. The molecule has 0 unspecified atom stereocenters. The molecule has 1 heterocycles. The molecule has 10 heteroatoms. The van der Waals surface area contributed by atoms with Gasteiger partial charge in [0.15, 0.2) is 16.6 Å². The molecule has 0 aliphatic carbocycles. The van der Waals surface area contributed by atoms with Gasteiger partial charge >= 0.3 is 5.97 Å². The van der Waals surface area contributed by atoms with E-state index in [1.54, 1.807) is 50.4 Å². The zero-order chi connectivity index (χ0) is 24.8. The number of thiocarbonyl (C=S) groups is 1. The molecular weight excluding hydrogens is 458 g/mol. The highest BCUT2D eigenvalue weighted by atomic mass is 32.1. The van der Waals surface area contributed by atoms with E-state index in [-0.39, 0.29) is 18.2 Å². The average Bonchev–Trinajstić information content (AvgIpc) is 3.05. The monoisotopic (exact) mass is 485 g/mol. The van der Waals surface area contributed by atoms with Gasteiger partial charge in [0.2, 0.25) is 5.91 Å². The lowest BCUT2D eigenvalue weighted by Gasteiger charge is -2.23. The van der Waals surface area contributed by atoms with Crippen LogP contribution in [-0.2, 0) is 20.7 Å². The third-order valence-corrected chi connectivity index (χ3v) is 6.09. The van der Waals surface area contributed by atoms with Gasteiger partial charge in [0.1, 0.15) is 6.04 Å². The maximum absolute atomic E-state index is 12.8. The Morgan fingerprint density at radius 1 is 1.03 bits per heavy atom. The van der Waals surface area contributed by atoms with Crippen LogP contribution in [0.15, 0.2) is 42.5 Å². The van der Waals surface area contributed by atoms with Crippen LogP contribution in [0.25, 0.3) is 0 Å². The molecule has 0 spiro atoms. The molecule has 0 aromatic heterocycles. The third-order valence-electron chi connectivity index (χ3n) is 5.58. The quantitative estimate of drug-likeness (QED) is 0.428. The standard InChI is InChI=1S/C24H27N3O6S/c1-26-22(29)18(14-21(28)25-17-8-6-16(7-9-17)23(30)33-4)27(24(26)34)12-11-15-5-10-19(31-2)20(13-15)32-3/h5-10,13,18H,11-12,14H2,1-4H3,(H,25,28)/t18-/m1/s1. The summed E-state index contributed by atoms with van der Waals surface area (Å²) >= 11 is 5.46. The number of rotatable bonds is 9. The van der Waals surface area contributed by atoms with Crippen molar-refractivity contribution >= 4 is 40.8 Å². The number of anilines is 1. The predicted octanol–water partition coefficient (Wildman–Crippen LogP) is 2.49. The Kier molecular flexibility index (Phi) is 8.06. The highest BCUT2D eigenvalue weighted by Gasteiger charge is 2.41. The second kappa shape index (κ2) is 11.0. The van der Waals surface area contributed by atoms with E-state index in [0.717, 1.165) is 5.56 Å². The summed E-state index contributed by atoms with van der Waals surface area (Å²) in [5, 5.41) is 3.14. The third kappa shape index (κ3) is 5.45. The fourth-order valence-corrected chi connectivity index (χ4v) is 4.02. The number of carbonyl (C=O) groups is 3. The van der Waals surface area contributed by atoms with Gasteiger partial charge in [-0.15, -0.1) is 0 Å². The Balaban J connectivity index is 1.67. The van der Waals surface area contributed by atoms with E-state index in [1.165, 1.54) is 12.0 Å². The summed E-state index contributed by atoms with van der Waals surface area (Å²) in [6.07, 6.45) is 0.530. The van der Waals surface area contributed by atoms with E-state index in [9.17, 15) is 14.4 Å². The Bertz CT molecular complexity index is 1090. The van der Waals surface area contributed by atoms with Crippen LogP contribution in [0.4, 0.5) is 5.69 Å². The molecule has 1 fully saturated rings. The zero-order valence-corrected chi connectivity index (χ0v) is 20.3. The SMILES string of the molecule is COC(=O)c1ccc(NC(=O)C[C@@H]2C(=O)N(C)C(=S)N2CCc2ccc(OC)c(OC)c2)cc1. The minimum absolute atomic E-state index is 0.0615. The van der Waals surface area contributed by atoms with E-state index < -0.39 is 12.0 Å². The van der Waals surface area contributed by atoms with Gasteiger partial charge in [0.05, 0.1) is 33.3 Å². The van der Waals surface area contributed by atoms with Crippen LogP contribution < -0.4 is 14.8 Å². The van der Waals surface area contributed by atoms with Crippen molar-refractivity contribution in [3.05, 3.63) is 53.6 Å². The lowest BCUT2D eigenvalue weighted by Crippen LogP contribution is -2.39. The van der Waals surface area contributed by atoms with Gasteiger partial charge < -0.3 is 24.4 Å². The van der Waals surface area contributed by atoms with Crippen molar-refractivity contribution in [2.75, 3.05) is 40.2 Å². The molecule has 0 saturated carbocycles. The number of hydrogen-bond acceptors (Lipinski definition) is 7. The molecule has 0 bridgehead atoms. The number of benzene rings is 2. The fourth-order valence-electron chi connectivity index (χ4n) is 3.71.